The molecule has 6 nitrogen and oxygen atoms in total. The van der Waals surface area contributed by atoms with Crippen LogP contribution >= 0.6 is 0 Å². The molecule has 22 heavy (non-hydrogen) atoms. The van der Waals surface area contributed by atoms with Crippen LogP contribution < -0.4 is 5.56 Å². The van der Waals surface area contributed by atoms with Crippen molar-refractivity contribution < 1.29 is 4.79 Å². The topological polar surface area (TPSA) is 69.3 Å². The second-order valence-electron chi connectivity index (χ2n) is 5.34. The van der Waals surface area contributed by atoms with E-state index in [-0.39, 0.29) is 11.5 Å². The lowest BCUT2D eigenvalue weighted by Crippen LogP contribution is -2.48. The van der Waals surface area contributed by atoms with Crippen molar-refractivity contribution in [2.24, 2.45) is 0 Å². The molecule has 6 heteroatoms. The molecular formula is C16H18N4O2. The number of nitrogens with zero attached hydrogens (tertiary/aromatic N) is 3. The summed E-state index contributed by atoms with van der Waals surface area (Å²) < 4.78 is 0. The van der Waals surface area contributed by atoms with Crippen molar-refractivity contribution in [3.63, 3.8) is 0 Å². The molecule has 0 atom stereocenters. The van der Waals surface area contributed by atoms with E-state index in [1.165, 1.54) is 6.07 Å². The molecule has 0 unspecified atom stereocenters. The minimum absolute atomic E-state index is 0.00992. The molecule has 3 rings (SSSR count). The summed E-state index contributed by atoms with van der Waals surface area (Å²) >= 11 is 0. The van der Waals surface area contributed by atoms with Gasteiger partial charge in [0, 0.05) is 51.2 Å². The smallest absolute Gasteiger partial charge is 0.272 e. The number of piperazine rings is 1. The summed E-state index contributed by atoms with van der Waals surface area (Å²) in [6, 6.07) is 8.75. The molecule has 114 valence electrons. The van der Waals surface area contributed by atoms with Gasteiger partial charge in [0.1, 0.15) is 5.69 Å². The van der Waals surface area contributed by atoms with E-state index in [2.05, 4.69) is 14.9 Å². The Morgan fingerprint density at radius 2 is 1.95 bits per heavy atom. The predicted octanol–water partition coefficient (Wildman–Crippen LogP) is 0.728. The number of pyridine rings is 2. The lowest BCUT2D eigenvalue weighted by Gasteiger charge is -2.34. The van der Waals surface area contributed by atoms with Gasteiger partial charge in [0.2, 0.25) is 5.56 Å². The van der Waals surface area contributed by atoms with Crippen molar-refractivity contribution in [3.8, 4) is 0 Å². The lowest BCUT2D eigenvalue weighted by atomic mass is 10.2. The number of hydrogen-bond acceptors (Lipinski definition) is 4. The Labute approximate surface area is 128 Å². The number of nitrogens with one attached hydrogen (secondary N) is 1. The van der Waals surface area contributed by atoms with Gasteiger partial charge in [0.15, 0.2) is 0 Å². The van der Waals surface area contributed by atoms with Gasteiger partial charge >= 0.3 is 0 Å². The maximum absolute atomic E-state index is 12.3. The van der Waals surface area contributed by atoms with Crippen LogP contribution in [0.1, 0.15) is 16.1 Å². The Morgan fingerprint density at radius 3 is 2.59 bits per heavy atom. The van der Waals surface area contributed by atoms with E-state index in [1.807, 2.05) is 17.0 Å². The van der Waals surface area contributed by atoms with Crippen LogP contribution in [0.15, 0.2) is 47.5 Å². The highest BCUT2D eigenvalue weighted by Crippen LogP contribution is 2.09. The summed E-state index contributed by atoms with van der Waals surface area (Å²) in [6.45, 7) is 3.80. The van der Waals surface area contributed by atoms with E-state index in [4.69, 9.17) is 0 Å². The fourth-order valence-corrected chi connectivity index (χ4v) is 2.56. The first-order valence-electron chi connectivity index (χ1n) is 7.33. The van der Waals surface area contributed by atoms with Crippen molar-refractivity contribution in [2.75, 3.05) is 26.2 Å². The lowest BCUT2D eigenvalue weighted by molar-refractivity contribution is 0.0622. The van der Waals surface area contributed by atoms with E-state index in [0.29, 0.717) is 18.8 Å². The number of rotatable bonds is 3. The normalized spacial score (nSPS) is 15.7. The molecule has 1 amide bonds. The number of carbonyl (C=O) groups is 1. The first-order chi connectivity index (χ1) is 10.7. The predicted molar refractivity (Wildman–Crippen MR) is 82.5 cm³/mol. The van der Waals surface area contributed by atoms with E-state index in [1.54, 1.807) is 24.5 Å². The summed E-state index contributed by atoms with van der Waals surface area (Å²) in [4.78, 5) is 34.3. The first-order valence-corrected chi connectivity index (χ1v) is 7.33. The van der Waals surface area contributed by atoms with Crippen LogP contribution in [0, 0.1) is 0 Å². The highest BCUT2D eigenvalue weighted by Gasteiger charge is 2.22. The van der Waals surface area contributed by atoms with E-state index >= 15 is 0 Å². The minimum Gasteiger partial charge on any atom is -0.335 e. The molecule has 3 heterocycles. The molecule has 1 N–H and O–H groups in total. The quantitative estimate of drug-likeness (QED) is 0.907. The molecule has 0 aromatic carbocycles. The minimum atomic E-state index is -0.0884. The molecule has 1 fully saturated rings. The second kappa shape index (κ2) is 6.53. The summed E-state index contributed by atoms with van der Waals surface area (Å²) in [5.41, 5.74) is 1.48. The van der Waals surface area contributed by atoms with Gasteiger partial charge in [0.25, 0.3) is 5.91 Å². The molecule has 0 saturated carbocycles. The standard InChI is InChI=1S/C16H18N4O2/c21-15-5-4-13(11-18-15)12-19-7-9-20(10-8-19)16(22)14-3-1-2-6-17-14/h1-6,11H,7-10,12H2,(H,18,21). The molecule has 1 aliphatic rings. The Morgan fingerprint density at radius 1 is 1.14 bits per heavy atom. The van der Waals surface area contributed by atoms with Gasteiger partial charge in [-0.15, -0.1) is 0 Å². The summed E-state index contributed by atoms with van der Waals surface area (Å²) in [5, 5.41) is 0. The van der Waals surface area contributed by atoms with Gasteiger partial charge in [-0.2, -0.15) is 0 Å². The van der Waals surface area contributed by atoms with E-state index in [0.717, 1.165) is 25.2 Å². The molecule has 1 saturated heterocycles. The zero-order valence-electron chi connectivity index (χ0n) is 12.2. The Balaban J connectivity index is 1.55. The molecule has 0 radical (unpaired) electrons. The third kappa shape index (κ3) is 3.40. The molecule has 0 bridgehead atoms. The number of aromatic nitrogens is 2. The van der Waals surface area contributed by atoms with E-state index in [9.17, 15) is 9.59 Å². The van der Waals surface area contributed by atoms with Gasteiger partial charge in [0.05, 0.1) is 0 Å². The van der Waals surface area contributed by atoms with Gasteiger partial charge in [-0.1, -0.05) is 12.1 Å². The van der Waals surface area contributed by atoms with Crippen molar-refractivity contribution in [1.29, 1.82) is 0 Å². The zero-order valence-corrected chi connectivity index (χ0v) is 12.2. The summed E-state index contributed by atoms with van der Waals surface area (Å²) in [5.74, 6) is -0.00992. The molecule has 0 spiro atoms. The van der Waals surface area contributed by atoms with E-state index < -0.39 is 0 Å². The van der Waals surface area contributed by atoms with Crippen LogP contribution in [0.25, 0.3) is 0 Å². The largest absolute Gasteiger partial charge is 0.335 e. The van der Waals surface area contributed by atoms with Gasteiger partial charge < -0.3 is 9.88 Å². The fraction of sp³-hybridized carbons (Fsp3) is 0.312. The maximum atomic E-state index is 12.3. The molecule has 1 aliphatic heterocycles. The Bertz CT molecular complexity index is 670. The van der Waals surface area contributed by atoms with Crippen LogP contribution in [0.4, 0.5) is 0 Å². The SMILES string of the molecule is O=C(c1ccccn1)N1CCN(Cc2ccc(=O)[nH]c2)CC1. The average Bonchev–Trinajstić information content (AvgIpc) is 2.58. The van der Waals surface area contributed by atoms with Crippen molar-refractivity contribution >= 4 is 5.91 Å². The highest BCUT2D eigenvalue weighted by molar-refractivity contribution is 5.92. The van der Waals surface area contributed by atoms with Crippen molar-refractivity contribution in [1.82, 2.24) is 19.8 Å². The average molecular weight is 298 g/mol. The van der Waals surface area contributed by atoms with Crippen LogP contribution in [0.3, 0.4) is 0 Å². The number of amides is 1. The highest BCUT2D eigenvalue weighted by atomic mass is 16.2. The number of H-pyrrole nitrogens is 1. The third-order valence-corrected chi connectivity index (χ3v) is 3.80. The fourth-order valence-electron chi connectivity index (χ4n) is 2.56. The summed E-state index contributed by atoms with van der Waals surface area (Å²) in [6.07, 6.45) is 3.38. The molecule has 2 aromatic heterocycles. The monoisotopic (exact) mass is 298 g/mol. The second-order valence-corrected chi connectivity index (χ2v) is 5.34. The first kappa shape index (κ1) is 14.5. The van der Waals surface area contributed by atoms with Crippen LogP contribution in [-0.4, -0.2) is 51.9 Å². The van der Waals surface area contributed by atoms with Gasteiger partial charge in [-0.25, -0.2) is 0 Å². The summed E-state index contributed by atoms with van der Waals surface area (Å²) in [7, 11) is 0. The van der Waals surface area contributed by atoms with Crippen molar-refractivity contribution in [2.45, 2.75) is 6.54 Å². The molecular weight excluding hydrogens is 280 g/mol. The van der Waals surface area contributed by atoms with Crippen LogP contribution in [0.5, 0.6) is 0 Å². The molecule has 2 aromatic rings. The Kier molecular flexibility index (Phi) is 4.29. The van der Waals surface area contributed by atoms with Gasteiger partial charge in [-0.3, -0.25) is 19.5 Å². The Hall–Kier alpha value is -2.47. The number of hydrogen-bond donors (Lipinski definition) is 1. The third-order valence-electron chi connectivity index (χ3n) is 3.80. The van der Waals surface area contributed by atoms with Crippen LogP contribution in [0.2, 0.25) is 0 Å². The van der Waals surface area contributed by atoms with Crippen molar-refractivity contribution in [3.05, 3.63) is 64.3 Å². The molecule has 0 aliphatic carbocycles. The zero-order chi connectivity index (χ0) is 15.4. The van der Waals surface area contributed by atoms with Crippen LogP contribution in [-0.2, 0) is 6.54 Å². The number of aromatic amines is 1. The maximum Gasteiger partial charge on any atom is 0.272 e. The van der Waals surface area contributed by atoms with Gasteiger partial charge in [-0.05, 0) is 17.7 Å². The number of carbonyl (C=O) groups excluding carboxylic acids is 1.